The highest BCUT2D eigenvalue weighted by molar-refractivity contribution is 5.94. The van der Waals surface area contributed by atoms with Gasteiger partial charge in [-0.25, -0.2) is 4.98 Å². The second kappa shape index (κ2) is 3.85. The van der Waals surface area contributed by atoms with Crippen molar-refractivity contribution in [3.63, 3.8) is 0 Å². The molecule has 0 aliphatic carbocycles. The van der Waals surface area contributed by atoms with Gasteiger partial charge >= 0.3 is 0 Å². The SMILES string of the molecule is CC1(C)CCCN1C(=O)c1ccc(F)nc1. The maximum Gasteiger partial charge on any atom is 0.255 e. The molecule has 3 nitrogen and oxygen atoms in total. The molecule has 1 aliphatic rings. The summed E-state index contributed by atoms with van der Waals surface area (Å²) in [5.41, 5.74) is 0.349. The summed E-state index contributed by atoms with van der Waals surface area (Å²) in [6.45, 7) is 4.87. The van der Waals surface area contributed by atoms with Crippen LogP contribution in [0.4, 0.5) is 4.39 Å². The molecule has 1 aliphatic heterocycles. The zero-order chi connectivity index (χ0) is 11.8. The fourth-order valence-corrected chi connectivity index (χ4v) is 2.14. The fourth-order valence-electron chi connectivity index (χ4n) is 2.14. The number of likely N-dealkylation sites (tertiary alicyclic amines) is 1. The van der Waals surface area contributed by atoms with Crippen molar-refractivity contribution in [3.05, 3.63) is 29.8 Å². The molecule has 1 fully saturated rings. The molecule has 2 heterocycles. The van der Waals surface area contributed by atoms with Crippen molar-refractivity contribution in [1.29, 1.82) is 0 Å². The zero-order valence-corrected chi connectivity index (χ0v) is 9.53. The van der Waals surface area contributed by atoms with Crippen LogP contribution in [0.1, 0.15) is 37.0 Å². The second-order valence-corrected chi connectivity index (χ2v) is 4.74. The van der Waals surface area contributed by atoms with E-state index in [1.807, 2.05) is 4.90 Å². The molecule has 0 saturated carbocycles. The lowest BCUT2D eigenvalue weighted by Gasteiger charge is -2.31. The van der Waals surface area contributed by atoms with Crippen molar-refractivity contribution in [1.82, 2.24) is 9.88 Å². The third-order valence-corrected chi connectivity index (χ3v) is 3.12. The van der Waals surface area contributed by atoms with E-state index >= 15 is 0 Å². The van der Waals surface area contributed by atoms with E-state index < -0.39 is 5.95 Å². The van der Waals surface area contributed by atoms with E-state index in [4.69, 9.17) is 0 Å². The maximum absolute atomic E-state index is 12.6. The van der Waals surface area contributed by atoms with Gasteiger partial charge in [-0.3, -0.25) is 4.79 Å². The summed E-state index contributed by atoms with van der Waals surface area (Å²) in [5.74, 6) is -0.618. The molecule has 1 saturated heterocycles. The van der Waals surface area contributed by atoms with Gasteiger partial charge in [0.25, 0.3) is 5.91 Å². The van der Waals surface area contributed by atoms with Crippen LogP contribution in [0.2, 0.25) is 0 Å². The zero-order valence-electron chi connectivity index (χ0n) is 9.53. The maximum atomic E-state index is 12.6. The first kappa shape index (κ1) is 11.0. The number of carbonyl (C=O) groups excluding carboxylic acids is 1. The summed E-state index contributed by atoms with van der Waals surface area (Å²) in [4.78, 5) is 17.5. The molecule has 0 bridgehead atoms. The molecular weight excluding hydrogens is 207 g/mol. The molecule has 0 spiro atoms. The predicted molar refractivity (Wildman–Crippen MR) is 58.5 cm³/mol. The van der Waals surface area contributed by atoms with Crippen molar-refractivity contribution in [3.8, 4) is 0 Å². The predicted octanol–water partition coefficient (Wildman–Crippen LogP) is 2.24. The van der Waals surface area contributed by atoms with E-state index in [0.29, 0.717) is 5.56 Å². The van der Waals surface area contributed by atoms with Crippen molar-refractivity contribution in [2.45, 2.75) is 32.2 Å². The Balaban J connectivity index is 2.22. The number of amides is 1. The van der Waals surface area contributed by atoms with E-state index in [1.165, 1.54) is 18.3 Å². The van der Waals surface area contributed by atoms with Gasteiger partial charge in [-0.1, -0.05) is 0 Å². The summed E-state index contributed by atoms with van der Waals surface area (Å²) >= 11 is 0. The minimum atomic E-state index is -0.558. The van der Waals surface area contributed by atoms with E-state index in [1.54, 1.807) is 0 Å². The van der Waals surface area contributed by atoms with Crippen molar-refractivity contribution >= 4 is 5.91 Å². The Labute approximate surface area is 94.3 Å². The molecule has 1 aromatic heterocycles. The smallest absolute Gasteiger partial charge is 0.255 e. The fraction of sp³-hybridized carbons (Fsp3) is 0.500. The number of nitrogens with zero attached hydrogens (tertiary/aromatic N) is 2. The first-order chi connectivity index (χ1) is 7.50. The third-order valence-electron chi connectivity index (χ3n) is 3.12. The quantitative estimate of drug-likeness (QED) is 0.683. The summed E-state index contributed by atoms with van der Waals surface area (Å²) in [6.07, 6.45) is 3.33. The lowest BCUT2D eigenvalue weighted by molar-refractivity contribution is 0.0651. The Morgan fingerprint density at radius 2 is 2.25 bits per heavy atom. The largest absolute Gasteiger partial charge is 0.333 e. The van der Waals surface area contributed by atoms with Crippen LogP contribution in [-0.4, -0.2) is 27.9 Å². The molecule has 1 amide bonds. The molecule has 0 unspecified atom stereocenters. The van der Waals surface area contributed by atoms with Gasteiger partial charge in [-0.05, 0) is 38.8 Å². The number of aromatic nitrogens is 1. The molecule has 2 rings (SSSR count). The van der Waals surface area contributed by atoms with Gasteiger partial charge in [0, 0.05) is 18.3 Å². The van der Waals surface area contributed by atoms with Crippen LogP contribution in [0.15, 0.2) is 18.3 Å². The minimum Gasteiger partial charge on any atom is -0.333 e. The Hall–Kier alpha value is -1.45. The highest BCUT2D eigenvalue weighted by Crippen LogP contribution is 2.29. The second-order valence-electron chi connectivity index (χ2n) is 4.74. The average Bonchev–Trinajstić information content (AvgIpc) is 2.58. The highest BCUT2D eigenvalue weighted by Gasteiger charge is 2.35. The lowest BCUT2D eigenvalue weighted by atomic mass is 10.0. The van der Waals surface area contributed by atoms with Crippen LogP contribution in [0, 0.1) is 5.95 Å². The Kier molecular flexibility index (Phi) is 2.66. The number of hydrogen-bond acceptors (Lipinski definition) is 2. The van der Waals surface area contributed by atoms with E-state index in [0.717, 1.165) is 19.4 Å². The van der Waals surface area contributed by atoms with Gasteiger partial charge in [0.05, 0.1) is 5.56 Å². The number of pyridine rings is 1. The topological polar surface area (TPSA) is 33.2 Å². The lowest BCUT2D eigenvalue weighted by Crippen LogP contribution is -2.42. The molecule has 16 heavy (non-hydrogen) atoms. The molecule has 0 atom stereocenters. The molecule has 86 valence electrons. The van der Waals surface area contributed by atoms with Crippen LogP contribution < -0.4 is 0 Å². The number of rotatable bonds is 1. The molecular formula is C12H15FN2O. The molecule has 4 heteroatoms. The van der Waals surface area contributed by atoms with Crippen LogP contribution in [-0.2, 0) is 0 Å². The normalized spacial score (nSPS) is 18.8. The van der Waals surface area contributed by atoms with Gasteiger partial charge in [0.15, 0.2) is 0 Å². The van der Waals surface area contributed by atoms with Crippen LogP contribution in [0.3, 0.4) is 0 Å². The highest BCUT2D eigenvalue weighted by atomic mass is 19.1. The van der Waals surface area contributed by atoms with E-state index in [2.05, 4.69) is 18.8 Å². The third kappa shape index (κ3) is 1.92. The average molecular weight is 222 g/mol. The molecule has 0 radical (unpaired) electrons. The first-order valence-corrected chi connectivity index (χ1v) is 5.44. The van der Waals surface area contributed by atoms with Crippen LogP contribution in [0.5, 0.6) is 0 Å². The van der Waals surface area contributed by atoms with Gasteiger partial charge < -0.3 is 4.90 Å². The Morgan fingerprint density at radius 1 is 1.50 bits per heavy atom. The summed E-state index contributed by atoms with van der Waals surface area (Å²) < 4.78 is 12.6. The van der Waals surface area contributed by atoms with Crippen molar-refractivity contribution in [2.75, 3.05) is 6.54 Å². The van der Waals surface area contributed by atoms with Gasteiger partial charge in [-0.15, -0.1) is 0 Å². The Bertz CT molecular complexity index is 400. The van der Waals surface area contributed by atoms with Crippen molar-refractivity contribution < 1.29 is 9.18 Å². The van der Waals surface area contributed by atoms with Crippen molar-refractivity contribution in [2.24, 2.45) is 0 Å². The minimum absolute atomic E-state index is 0.0602. The van der Waals surface area contributed by atoms with Crippen LogP contribution in [0.25, 0.3) is 0 Å². The van der Waals surface area contributed by atoms with Crippen LogP contribution >= 0.6 is 0 Å². The van der Waals surface area contributed by atoms with Gasteiger partial charge in [0.1, 0.15) is 0 Å². The first-order valence-electron chi connectivity index (χ1n) is 5.44. The number of halogens is 1. The van der Waals surface area contributed by atoms with Gasteiger partial charge in [-0.2, -0.15) is 4.39 Å². The number of carbonyl (C=O) groups is 1. The van der Waals surface area contributed by atoms with E-state index in [9.17, 15) is 9.18 Å². The standard InChI is InChI=1S/C12H15FN2O/c1-12(2)6-3-7-15(12)11(16)9-4-5-10(13)14-8-9/h4-5,8H,3,6-7H2,1-2H3. The monoisotopic (exact) mass is 222 g/mol. The van der Waals surface area contributed by atoms with Gasteiger partial charge in [0.2, 0.25) is 5.95 Å². The summed E-state index contributed by atoms with van der Waals surface area (Å²) in [6, 6.07) is 2.70. The summed E-state index contributed by atoms with van der Waals surface area (Å²) in [7, 11) is 0. The number of hydrogen-bond donors (Lipinski definition) is 0. The molecule has 0 N–H and O–H groups in total. The molecule has 0 aromatic carbocycles. The Morgan fingerprint density at radius 3 is 2.75 bits per heavy atom. The molecule has 1 aromatic rings. The van der Waals surface area contributed by atoms with E-state index in [-0.39, 0.29) is 11.4 Å². The summed E-state index contributed by atoms with van der Waals surface area (Å²) in [5, 5.41) is 0.